The Hall–Kier alpha value is -1.22. The zero-order chi connectivity index (χ0) is 17.2. The first kappa shape index (κ1) is 17.6. The summed E-state index contributed by atoms with van der Waals surface area (Å²) in [5.41, 5.74) is 0.701. The Kier molecular flexibility index (Phi) is 5.39. The highest BCUT2D eigenvalue weighted by molar-refractivity contribution is 9.10. The van der Waals surface area contributed by atoms with Gasteiger partial charge in [-0.2, -0.15) is 4.31 Å². The number of carbonyl (C=O) groups excluding carboxylic acids is 1. The first-order chi connectivity index (χ1) is 11.5. The Balaban J connectivity index is 1.70. The number of amides is 1. The summed E-state index contributed by atoms with van der Waals surface area (Å²) in [5, 5.41) is 4.62. The Morgan fingerprint density at radius 1 is 1.29 bits per heavy atom. The normalized spacial score (nSPS) is 19.1. The van der Waals surface area contributed by atoms with Gasteiger partial charge in [-0.1, -0.05) is 28.1 Å². The van der Waals surface area contributed by atoms with Gasteiger partial charge in [0.2, 0.25) is 5.91 Å². The van der Waals surface area contributed by atoms with Gasteiger partial charge in [0.25, 0.3) is 10.0 Å². The lowest BCUT2D eigenvalue weighted by Crippen LogP contribution is -2.43. The lowest BCUT2D eigenvalue weighted by atomic mass is 9.99. The van der Waals surface area contributed by atoms with Gasteiger partial charge in [-0.15, -0.1) is 11.3 Å². The van der Waals surface area contributed by atoms with Crippen LogP contribution in [0.3, 0.4) is 0 Å². The molecule has 0 unspecified atom stereocenters. The molecule has 0 saturated carbocycles. The van der Waals surface area contributed by atoms with Crippen LogP contribution in [-0.4, -0.2) is 31.7 Å². The highest BCUT2D eigenvalue weighted by atomic mass is 79.9. The van der Waals surface area contributed by atoms with E-state index in [2.05, 4.69) is 21.2 Å². The molecule has 1 N–H and O–H groups in total. The summed E-state index contributed by atoms with van der Waals surface area (Å²) in [6, 6.07) is 10.7. The maximum atomic E-state index is 12.6. The molecule has 2 heterocycles. The minimum Gasteiger partial charge on any atom is -0.326 e. The van der Waals surface area contributed by atoms with Crippen molar-refractivity contribution in [2.45, 2.75) is 17.1 Å². The van der Waals surface area contributed by atoms with Crippen LogP contribution >= 0.6 is 27.3 Å². The lowest BCUT2D eigenvalue weighted by molar-refractivity contribution is -0.120. The molecule has 5 nitrogen and oxygen atoms in total. The number of benzene rings is 1. The van der Waals surface area contributed by atoms with Crippen molar-refractivity contribution < 1.29 is 13.2 Å². The van der Waals surface area contributed by atoms with Crippen molar-refractivity contribution >= 4 is 48.9 Å². The third-order valence-electron chi connectivity index (χ3n) is 3.94. The van der Waals surface area contributed by atoms with E-state index >= 15 is 0 Å². The number of sulfonamides is 1. The zero-order valence-electron chi connectivity index (χ0n) is 12.8. The number of rotatable bonds is 4. The van der Waals surface area contributed by atoms with Gasteiger partial charge in [0.05, 0.1) is 5.92 Å². The van der Waals surface area contributed by atoms with E-state index in [9.17, 15) is 13.2 Å². The smallest absolute Gasteiger partial charge is 0.252 e. The van der Waals surface area contributed by atoms with Crippen molar-refractivity contribution in [1.29, 1.82) is 0 Å². The molecular weight excluding hydrogens is 412 g/mol. The van der Waals surface area contributed by atoms with Crippen molar-refractivity contribution in [3.05, 3.63) is 46.3 Å². The average Bonchev–Trinajstić information content (AvgIpc) is 3.10. The third-order valence-corrected chi connectivity index (χ3v) is 7.67. The van der Waals surface area contributed by atoms with E-state index in [0.29, 0.717) is 29.3 Å². The maximum absolute atomic E-state index is 12.6. The number of carbonyl (C=O) groups is 1. The Morgan fingerprint density at radius 2 is 2.12 bits per heavy atom. The van der Waals surface area contributed by atoms with Gasteiger partial charge in [0.15, 0.2) is 0 Å². The van der Waals surface area contributed by atoms with E-state index < -0.39 is 10.0 Å². The monoisotopic (exact) mass is 428 g/mol. The molecule has 1 fully saturated rings. The molecule has 3 rings (SSSR count). The molecule has 1 atom stereocenters. The van der Waals surface area contributed by atoms with Crippen molar-refractivity contribution in [1.82, 2.24) is 4.31 Å². The number of halogens is 1. The van der Waals surface area contributed by atoms with E-state index in [0.717, 1.165) is 4.47 Å². The molecule has 2 aromatic rings. The second kappa shape index (κ2) is 7.35. The highest BCUT2D eigenvalue weighted by Gasteiger charge is 2.33. The predicted molar refractivity (Wildman–Crippen MR) is 98.6 cm³/mol. The molecular formula is C16H17BrN2O3S2. The second-order valence-electron chi connectivity index (χ2n) is 5.63. The molecule has 0 bridgehead atoms. The molecule has 1 aliphatic rings. The molecule has 1 aromatic carbocycles. The topological polar surface area (TPSA) is 66.5 Å². The van der Waals surface area contributed by atoms with Crippen LogP contribution in [0.4, 0.5) is 5.69 Å². The molecule has 1 aromatic heterocycles. The van der Waals surface area contributed by atoms with Crippen LogP contribution in [0, 0.1) is 5.92 Å². The molecule has 1 aliphatic heterocycles. The Morgan fingerprint density at radius 3 is 2.83 bits per heavy atom. The fourth-order valence-corrected chi connectivity index (χ4v) is 5.79. The van der Waals surface area contributed by atoms with Crippen molar-refractivity contribution in [3.8, 4) is 0 Å². The number of piperidine rings is 1. The molecule has 0 radical (unpaired) electrons. The molecule has 0 spiro atoms. The Bertz CT molecular complexity index is 822. The van der Waals surface area contributed by atoms with E-state index in [1.807, 2.05) is 24.3 Å². The highest BCUT2D eigenvalue weighted by Crippen LogP contribution is 2.27. The minimum atomic E-state index is -3.50. The van der Waals surface area contributed by atoms with Gasteiger partial charge < -0.3 is 5.32 Å². The molecule has 128 valence electrons. The van der Waals surface area contributed by atoms with Crippen LogP contribution in [0.15, 0.2) is 50.5 Å². The zero-order valence-corrected chi connectivity index (χ0v) is 16.0. The molecule has 0 aliphatic carbocycles. The summed E-state index contributed by atoms with van der Waals surface area (Å²) in [7, 11) is -3.50. The minimum absolute atomic E-state index is 0.140. The van der Waals surface area contributed by atoms with Gasteiger partial charge in [-0.25, -0.2) is 8.42 Å². The number of anilines is 1. The van der Waals surface area contributed by atoms with Gasteiger partial charge in [-0.3, -0.25) is 4.79 Å². The predicted octanol–water partition coefficient (Wildman–Crippen LogP) is 3.55. The molecule has 1 saturated heterocycles. The van der Waals surface area contributed by atoms with Gasteiger partial charge >= 0.3 is 0 Å². The molecule has 8 heteroatoms. The molecule has 24 heavy (non-hydrogen) atoms. The van der Waals surface area contributed by atoms with Crippen LogP contribution in [-0.2, 0) is 14.8 Å². The summed E-state index contributed by atoms with van der Waals surface area (Å²) >= 11 is 4.57. The summed E-state index contributed by atoms with van der Waals surface area (Å²) in [6.45, 7) is 0.682. The van der Waals surface area contributed by atoms with E-state index in [1.54, 1.807) is 17.5 Å². The maximum Gasteiger partial charge on any atom is 0.252 e. The van der Waals surface area contributed by atoms with E-state index in [-0.39, 0.29) is 18.4 Å². The van der Waals surface area contributed by atoms with Crippen molar-refractivity contribution in [2.75, 3.05) is 18.4 Å². The Labute approximate surface area is 153 Å². The first-order valence-corrected chi connectivity index (χ1v) is 10.7. The SMILES string of the molecule is O=C(Nc1cccc(Br)c1)[C@H]1CCCN(S(=O)(=O)c2cccs2)C1. The summed E-state index contributed by atoms with van der Waals surface area (Å²) in [4.78, 5) is 12.5. The fourth-order valence-electron chi connectivity index (χ4n) is 2.72. The van der Waals surface area contributed by atoms with Crippen LogP contribution < -0.4 is 5.32 Å². The van der Waals surface area contributed by atoms with Crippen LogP contribution in [0.1, 0.15) is 12.8 Å². The quantitative estimate of drug-likeness (QED) is 0.809. The average molecular weight is 429 g/mol. The van der Waals surface area contributed by atoms with Crippen molar-refractivity contribution in [2.24, 2.45) is 5.92 Å². The van der Waals surface area contributed by atoms with E-state index in [4.69, 9.17) is 0 Å². The third kappa shape index (κ3) is 3.88. The number of thiophene rings is 1. The second-order valence-corrected chi connectivity index (χ2v) is 9.66. The van der Waals surface area contributed by atoms with Gasteiger partial charge in [0.1, 0.15) is 4.21 Å². The summed E-state index contributed by atoms with van der Waals surface area (Å²) < 4.78 is 27.9. The van der Waals surface area contributed by atoms with Crippen LogP contribution in [0.2, 0.25) is 0 Å². The van der Waals surface area contributed by atoms with Gasteiger partial charge in [0, 0.05) is 23.2 Å². The van der Waals surface area contributed by atoms with E-state index in [1.165, 1.54) is 15.6 Å². The molecule has 1 amide bonds. The first-order valence-electron chi connectivity index (χ1n) is 7.57. The standard InChI is InChI=1S/C16H17BrN2O3S2/c17-13-5-1-6-14(10-13)18-16(20)12-4-2-8-19(11-12)24(21,22)15-7-3-9-23-15/h1,3,5-7,9-10,12H,2,4,8,11H2,(H,18,20)/t12-/m0/s1. The van der Waals surface area contributed by atoms with Gasteiger partial charge in [-0.05, 0) is 42.5 Å². The largest absolute Gasteiger partial charge is 0.326 e. The van der Waals surface area contributed by atoms with Crippen LogP contribution in [0.5, 0.6) is 0 Å². The van der Waals surface area contributed by atoms with Crippen molar-refractivity contribution in [3.63, 3.8) is 0 Å². The number of nitrogens with one attached hydrogen (secondary N) is 1. The summed E-state index contributed by atoms with van der Waals surface area (Å²) in [6.07, 6.45) is 1.37. The fraction of sp³-hybridized carbons (Fsp3) is 0.312. The lowest BCUT2D eigenvalue weighted by Gasteiger charge is -2.30. The van der Waals surface area contributed by atoms with Crippen LogP contribution in [0.25, 0.3) is 0 Å². The number of hydrogen-bond acceptors (Lipinski definition) is 4. The number of hydrogen-bond donors (Lipinski definition) is 1. The summed E-state index contributed by atoms with van der Waals surface area (Å²) in [5.74, 6) is -0.480. The number of nitrogens with zero attached hydrogens (tertiary/aromatic N) is 1.